The van der Waals surface area contributed by atoms with Crippen molar-refractivity contribution in [3.8, 4) is 0 Å². The molecular formula is C14H12Br2ClN. The number of benzene rings is 2. The fraction of sp³-hybridized carbons (Fsp3) is 0.143. The minimum atomic E-state index is -0.0447. The molecule has 1 unspecified atom stereocenters. The zero-order chi connectivity index (χ0) is 13.1. The van der Waals surface area contributed by atoms with Crippen molar-refractivity contribution in [2.75, 3.05) is 0 Å². The molecule has 0 aromatic heterocycles. The van der Waals surface area contributed by atoms with Gasteiger partial charge in [0.25, 0.3) is 0 Å². The first-order valence-corrected chi connectivity index (χ1v) is 7.47. The van der Waals surface area contributed by atoms with Crippen LogP contribution in [0.4, 0.5) is 0 Å². The summed E-state index contributed by atoms with van der Waals surface area (Å²) in [6, 6.07) is 13.9. The first-order chi connectivity index (χ1) is 8.56. The number of hydrogen-bond acceptors (Lipinski definition) is 1. The molecule has 0 aliphatic heterocycles. The van der Waals surface area contributed by atoms with E-state index in [1.165, 1.54) is 0 Å². The van der Waals surface area contributed by atoms with Crippen LogP contribution in [0.2, 0.25) is 5.02 Å². The van der Waals surface area contributed by atoms with Crippen molar-refractivity contribution >= 4 is 43.5 Å². The lowest BCUT2D eigenvalue weighted by Gasteiger charge is -2.13. The van der Waals surface area contributed by atoms with Gasteiger partial charge in [-0.15, -0.1) is 0 Å². The lowest BCUT2D eigenvalue weighted by Crippen LogP contribution is -2.13. The Kier molecular flexibility index (Phi) is 4.84. The molecule has 0 aliphatic rings. The number of rotatable bonds is 3. The van der Waals surface area contributed by atoms with Gasteiger partial charge in [0.1, 0.15) is 0 Å². The third-order valence-electron chi connectivity index (χ3n) is 2.75. The molecule has 2 rings (SSSR count). The Morgan fingerprint density at radius 1 is 1.00 bits per heavy atom. The molecule has 0 aliphatic carbocycles. The molecule has 0 fully saturated rings. The molecule has 0 amide bonds. The Balaban J connectivity index is 2.15. The van der Waals surface area contributed by atoms with Crippen LogP contribution in [0.1, 0.15) is 17.2 Å². The van der Waals surface area contributed by atoms with E-state index in [4.69, 9.17) is 17.3 Å². The highest BCUT2D eigenvalue weighted by Crippen LogP contribution is 2.25. The first-order valence-electron chi connectivity index (χ1n) is 5.51. The van der Waals surface area contributed by atoms with Crippen LogP contribution in [0.3, 0.4) is 0 Å². The number of nitrogens with two attached hydrogens (primary N) is 1. The maximum atomic E-state index is 6.20. The van der Waals surface area contributed by atoms with Crippen LogP contribution >= 0.6 is 43.5 Å². The van der Waals surface area contributed by atoms with E-state index in [0.29, 0.717) is 0 Å². The van der Waals surface area contributed by atoms with Gasteiger partial charge >= 0.3 is 0 Å². The van der Waals surface area contributed by atoms with Gasteiger partial charge in [0.2, 0.25) is 0 Å². The average molecular weight is 390 g/mol. The van der Waals surface area contributed by atoms with Crippen molar-refractivity contribution in [1.29, 1.82) is 0 Å². The molecule has 0 spiro atoms. The summed E-state index contributed by atoms with van der Waals surface area (Å²) in [6.07, 6.45) is 0.730. The third kappa shape index (κ3) is 3.58. The smallest absolute Gasteiger partial charge is 0.0449 e. The second-order valence-electron chi connectivity index (χ2n) is 4.10. The molecule has 4 heteroatoms. The van der Waals surface area contributed by atoms with Crippen molar-refractivity contribution in [2.24, 2.45) is 5.73 Å². The summed E-state index contributed by atoms with van der Waals surface area (Å²) in [7, 11) is 0. The van der Waals surface area contributed by atoms with Crippen LogP contribution in [-0.2, 0) is 6.42 Å². The molecule has 0 saturated carbocycles. The van der Waals surface area contributed by atoms with E-state index >= 15 is 0 Å². The lowest BCUT2D eigenvalue weighted by atomic mass is 10.00. The summed E-state index contributed by atoms with van der Waals surface area (Å²) in [5.74, 6) is 0. The molecule has 2 aromatic rings. The molecular weight excluding hydrogens is 377 g/mol. The van der Waals surface area contributed by atoms with Gasteiger partial charge in [0.15, 0.2) is 0 Å². The van der Waals surface area contributed by atoms with Gasteiger partial charge in [0, 0.05) is 20.0 Å². The van der Waals surface area contributed by atoms with Gasteiger partial charge in [-0.2, -0.15) is 0 Å². The highest BCUT2D eigenvalue weighted by atomic mass is 79.9. The van der Waals surface area contributed by atoms with E-state index < -0.39 is 0 Å². The molecule has 2 aromatic carbocycles. The van der Waals surface area contributed by atoms with Crippen molar-refractivity contribution in [1.82, 2.24) is 0 Å². The van der Waals surface area contributed by atoms with Crippen molar-refractivity contribution in [3.63, 3.8) is 0 Å². The molecule has 0 bridgehead atoms. The summed E-state index contributed by atoms with van der Waals surface area (Å²) in [4.78, 5) is 0. The lowest BCUT2D eigenvalue weighted by molar-refractivity contribution is 0.722. The maximum absolute atomic E-state index is 6.20. The highest BCUT2D eigenvalue weighted by Gasteiger charge is 2.09. The topological polar surface area (TPSA) is 26.0 Å². The van der Waals surface area contributed by atoms with Crippen LogP contribution in [0, 0.1) is 0 Å². The molecule has 0 radical (unpaired) electrons. The third-order valence-corrected chi connectivity index (χ3v) is 4.13. The summed E-state index contributed by atoms with van der Waals surface area (Å²) in [5, 5.41) is 0.747. The van der Waals surface area contributed by atoms with Gasteiger partial charge in [-0.05, 0) is 41.8 Å². The van der Waals surface area contributed by atoms with Gasteiger partial charge in [-0.3, -0.25) is 0 Å². The van der Waals surface area contributed by atoms with Crippen molar-refractivity contribution in [3.05, 3.63) is 67.6 Å². The Hall–Kier alpha value is -0.350. The summed E-state index contributed by atoms with van der Waals surface area (Å²) < 4.78 is 2.04. The quantitative estimate of drug-likeness (QED) is 0.776. The molecule has 1 atom stereocenters. The van der Waals surface area contributed by atoms with E-state index in [0.717, 1.165) is 31.5 Å². The van der Waals surface area contributed by atoms with Crippen LogP contribution in [-0.4, -0.2) is 0 Å². The first kappa shape index (κ1) is 14.1. The van der Waals surface area contributed by atoms with E-state index in [-0.39, 0.29) is 6.04 Å². The second kappa shape index (κ2) is 6.20. The van der Waals surface area contributed by atoms with Crippen molar-refractivity contribution in [2.45, 2.75) is 12.5 Å². The van der Waals surface area contributed by atoms with Crippen LogP contribution in [0.25, 0.3) is 0 Å². The van der Waals surface area contributed by atoms with E-state index in [9.17, 15) is 0 Å². The van der Waals surface area contributed by atoms with Gasteiger partial charge in [-0.25, -0.2) is 0 Å². The number of halogens is 3. The average Bonchev–Trinajstić information content (AvgIpc) is 2.33. The highest BCUT2D eigenvalue weighted by molar-refractivity contribution is 9.10. The molecule has 94 valence electrons. The minimum Gasteiger partial charge on any atom is -0.324 e. The minimum absolute atomic E-state index is 0.0447. The normalized spacial score (nSPS) is 12.4. The van der Waals surface area contributed by atoms with E-state index in [1.807, 2.05) is 42.5 Å². The molecule has 0 heterocycles. The van der Waals surface area contributed by atoms with E-state index in [1.54, 1.807) is 0 Å². The van der Waals surface area contributed by atoms with Gasteiger partial charge < -0.3 is 5.73 Å². The fourth-order valence-electron chi connectivity index (χ4n) is 1.75. The Morgan fingerprint density at radius 2 is 1.61 bits per heavy atom. The maximum Gasteiger partial charge on any atom is 0.0449 e. The van der Waals surface area contributed by atoms with Crippen LogP contribution in [0.15, 0.2) is 51.4 Å². The second-order valence-corrected chi connectivity index (χ2v) is 6.34. The zero-order valence-electron chi connectivity index (χ0n) is 9.54. The largest absolute Gasteiger partial charge is 0.324 e. The van der Waals surface area contributed by atoms with Gasteiger partial charge in [-0.1, -0.05) is 61.7 Å². The predicted molar refractivity (Wildman–Crippen MR) is 83.9 cm³/mol. The predicted octanol–water partition coefficient (Wildman–Crippen LogP) is 5.11. The molecule has 0 saturated heterocycles. The van der Waals surface area contributed by atoms with Crippen LogP contribution < -0.4 is 5.73 Å². The Bertz CT molecular complexity index is 540. The van der Waals surface area contributed by atoms with Crippen LogP contribution in [0.5, 0.6) is 0 Å². The summed E-state index contributed by atoms with van der Waals surface area (Å²) in [6.45, 7) is 0. The molecule has 2 N–H and O–H groups in total. The Labute approximate surface area is 129 Å². The van der Waals surface area contributed by atoms with Crippen molar-refractivity contribution < 1.29 is 0 Å². The summed E-state index contributed by atoms with van der Waals surface area (Å²) >= 11 is 13.0. The summed E-state index contributed by atoms with van der Waals surface area (Å²) in [5.41, 5.74) is 8.37. The SMILES string of the molecule is NC(Cc1ccc(Br)cc1Cl)c1ccc(Br)cc1. The zero-order valence-corrected chi connectivity index (χ0v) is 13.5. The molecule has 1 nitrogen and oxygen atoms in total. The van der Waals surface area contributed by atoms with Gasteiger partial charge in [0.05, 0.1) is 0 Å². The monoisotopic (exact) mass is 387 g/mol. The standard InChI is InChI=1S/C14H12Br2ClN/c15-11-4-1-9(2-5-11)14(18)7-10-3-6-12(16)8-13(10)17/h1-6,8,14H,7,18H2. The van der Waals surface area contributed by atoms with E-state index in [2.05, 4.69) is 31.9 Å². The fourth-order valence-corrected chi connectivity index (χ4v) is 2.77. The molecule has 18 heavy (non-hydrogen) atoms. The number of hydrogen-bond donors (Lipinski definition) is 1. The Morgan fingerprint density at radius 3 is 2.22 bits per heavy atom.